The number of hydrogen-bond donors (Lipinski definition) is 0. The summed E-state index contributed by atoms with van der Waals surface area (Å²) in [6.45, 7) is 3.46. The van der Waals surface area contributed by atoms with E-state index < -0.39 is 0 Å². The molecular formula is C3H7ClN+. The lowest BCUT2D eigenvalue weighted by molar-refractivity contribution is -0.468. The van der Waals surface area contributed by atoms with Crippen LogP contribution in [0.15, 0.2) is 0 Å². The fraction of sp³-hybridized carbons (Fsp3) is 0.667. The van der Waals surface area contributed by atoms with E-state index in [2.05, 4.69) is 6.72 Å². The van der Waals surface area contributed by atoms with Crippen LogP contribution in [0, 0.1) is 0 Å². The molecule has 0 N–H and O–H groups in total. The molecule has 0 radical (unpaired) electrons. The van der Waals surface area contributed by atoms with E-state index in [4.69, 9.17) is 11.6 Å². The van der Waals surface area contributed by atoms with Crippen molar-refractivity contribution in [2.24, 2.45) is 0 Å². The topological polar surface area (TPSA) is 3.01 Å². The highest BCUT2D eigenvalue weighted by Gasteiger charge is 1.74. The molecule has 0 rings (SSSR count). The van der Waals surface area contributed by atoms with Crippen molar-refractivity contribution in [3.63, 3.8) is 0 Å². The van der Waals surface area contributed by atoms with Gasteiger partial charge in [0.1, 0.15) is 13.8 Å². The molecule has 0 fully saturated rings. The van der Waals surface area contributed by atoms with Crippen LogP contribution in [0.2, 0.25) is 0 Å². The molecule has 0 aliphatic rings. The van der Waals surface area contributed by atoms with Gasteiger partial charge in [-0.2, -0.15) is 0 Å². The zero-order valence-corrected chi connectivity index (χ0v) is 4.00. The molecule has 0 unspecified atom stereocenters. The van der Waals surface area contributed by atoms with Gasteiger partial charge >= 0.3 is 0 Å². The molecule has 0 aromatic carbocycles. The van der Waals surface area contributed by atoms with E-state index in [-0.39, 0.29) is 0 Å². The Balaban J connectivity index is 2.85. The first-order valence-electron chi connectivity index (χ1n) is 1.35. The van der Waals surface area contributed by atoms with Gasteiger partial charge in [-0.15, -0.1) is 0 Å². The highest BCUT2D eigenvalue weighted by atomic mass is 35.5. The van der Waals surface area contributed by atoms with Gasteiger partial charge in [0.05, 0.1) is 0 Å². The minimum Gasteiger partial charge on any atom is -0.231 e. The summed E-state index contributed by atoms with van der Waals surface area (Å²) >= 11 is 5.20. The third kappa shape index (κ3) is 3.96. The van der Waals surface area contributed by atoms with Crippen LogP contribution in [-0.2, 0) is 0 Å². The van der Waals surface area contributed by atoms with Gasteiger partial charge in [0, 0.05) is 0 Å². The predicted octanol–water partition coefficient (Wildman–Crippen LogP) is 0.526. The molecule has 30 valence electrons. The van der Waals surface area contributed by atoms with Gasteiger partial charge < -0.3 is 0 Å². The zero-order chi connectivity index (χ0) is 4.28. The van der Waals surface area contributed by atoms with E-state index in [1.807, 2.05) is 7.05 Å². The van der Waals surface area contributed by atoms with Crippen molar-refractivity contribution < 1.29 is 4.58 Å². The molecule has 1 nitrogen and oxygen atoms in total. The minimum absolute atomic E-state index is 0.500. The second-order valence-electron chi connectivity index (χ2n) is 0.976. The van der Waals surface area contributed by atoms with Crippen molar-refractivity contribution in [1.29, 1.82) is 0 Å². The Labute approximate surface area is 36.9 Å². The van der Waals surface area contributed by atoms with Crippen molar-refractivity contribution in [2.75, 3.05) is 13.1 Å². The van der Waals surface area contributed by atoms with E-state index in [0.717, 1.165) is 0 Å². The van der Waals surface area contributed by atoms with Gasteiger partial charge in [-0.25, -0.2) is 4.58 Å². The van der Waals surface area contributed by atoms with Crippen LogP contribution >= 0.6 is 11.6 Å². The summed E-state index contributed by atoms with van der Waals surface area (Å²) in [5.74, 6) is 0. The summed E-state index contributed by atoms with van der Waals surface area (Å²) in [7, 11) is 1.81. The van der Waals surface area contributed by atoms with Gasteiger partial charge in [0.2, 0.25) is 6.00 Å². The Morgan fingerprint density at radius 1 is 2.00 bits per heavy atom. The van der Waals surface area contributed by atoms with E-state index in [0.29, 0.717) is 6.00 Å². The molecule has 0 amide bonds. The molecule has 0 aromatic heterocycles. The van der Waals surface area contributed by atoms with Gasteiger partial charge in [-0.1, -0.05) is 11.6 Å². The average molecular weight is 92.5 g/mol. The number of halogens is 1. The molecule has 0 heterocycles. The number of nitrogens with zero attached hydrogens (tertiary/aromatic N) is 1. The summed E-state index contributed by atoms with van der Waals surface area (Å²) in [5, 5.41) is 0. The van der Waals surface area contributed by atoms with Crippen molar-refractivity contribution in [3.05, 3.63) is 0 Å². The maximum absolute atomic E-state index is 5.20. The molecule has 0 aliphatic heterocycles. The van der Waals surface area contributed by atoms with Crippen molar-refractivity contribution in [2.45, 2.75) is 0 Å². The number of hydrogen-bond acceptors (Lipinski definition) is 0. The molecular weight excluding hydrogens is 85.5 g/mol. The first-order valence-corrected chi connectivity index (χ1v) is 1.88. The molecule has 0 saturated carbocycles. The summed E-state index contributed by atoms with van der Waals surface area (Å²) in [6, 6.07) is 0.500. The smallest absolute Gasteiger partial charge is 0.216 e. The molecule has 0 aliphatic carbocycles. The van der Waals surface area contributed by atoms with Crippen LogP contribution in [0.1, 0.15) is 0 Å². The van der Waals surface area contributed by atoms with Crippen LogP contribution in [0.3, 0.4) is 0 Å². The maximum atomic E-state index is 5.20. The molecule has 0 aromatic rings. The van der Waals surface area contributed by atoms with Crippen molar-refractivity contribution in [3.8, 4) is 0 Å². The highest BCUT2D eigenvalue weighted by Crippen LogP contribution is 1.66. The van der Waals surface area contributed by atoms with Crippen LogP contribution in [-0.4, -0.2) is 24.3 Å². The highest BCUT2D eigenvalue weighted by molar-refractivity contribution is 6.16. The SMILES string of the molecule is C=[N+](C)CCl. The fourth-order valence-electron chi connectivity index (χ4n) is 0. The summed E-state index contributed by atoms with van der Waals surface area (Å²) in [5.41, 5.74) is 0. The van der Waals surface area contributed by atoms with Crippen molar-refractivity contribution >= 4 is 18.3 Å². The summed E-state index contributed by atoms with van der Waals surface area (Å²) in [6.07, 6.45) is 0. The van der Waals surface area contributed by atoms with E-state index in [1.54, 1.807) is 4.58 Å². The van der Waals surface area contributed by atoms with E-state index in [9.17, 15) is 0 Å². The number of rotatable bonds is 1. The third-order valence-corrected chi connectivity index (χ3v) is 0.612. The largest absolute Gasteiger partial charge is 0.231 e. The second-order valence-corrected chi connectivity index (χ2v) is 1.21. The predicted molar refractivity (Wildman–Crippen MR) is 24.0 cm³/mol. The van der Waals surface area contributed by atoms with Gasteiger partial charge in [-0.3, -0.25) is 0 Å². The summed E-state index contributed by atoms with van der Waals surface area (Å²) in [4.78, 5) is 0. The summed E-state index contributed by atoms with van der Waals surface area (Å²) < 4.78 is 1.64. The Hall–Kier alpha value is -0.0400. The normalized spacial score (nSPS) is 7.60. The molecule has 0 atom stereocenters. The first-order chi connectivity index (χ1) is 2.27. The monoisotopic (exact) mass is 92.0 g/mol. The molecule has 0 saturated heterocycles. The molecule has 5 heavy (non-hydrogen) atoms. The molecule has 0 spiro atoms. The zero-order valence-electron chi connectivity index (χ0n) is 3.24. The Morgan fingerprint density at radius 2 is 2.20 bits per heavy atom. The maximum Gasteiger partial charge on any atom is 0.216 e. The van der Waals surface area contributed by atoms with Gasteiger partial charge in [0.15, 0.2) is 0 Å². The van der Waals surface area contributed by atoms with Gasteiger partial charge in [-0.05, 0) is 0 Å². The third-order valence-electron chi connectivity index (χ3n) is 0.204. The standard InChI is InChI=1S/C3H7ClN/c1-5(2)3-4/h1,3H2,2H3/q+1. The minimum atomic E-state index is 0.500. The fourth-order valence-corrected chi connectivity index (χ4v) is 0. The first kappa shape index (κ1) is 4.96. The lowest BCUT2D eigenvalue weighted by Crippen LogP contribution is -1.95. The van der Waals surface area contributed by atoms with E-state index in [1.165, 1.54) is 0 Å². The van der Waals surface area contributed by atoms with Crippen LogP contribution < -0.4 is 0 Å². The van der Waals surface area contributed by atoms with Crippen LogP contribution in [0.5, 0.6) is 0 Å². The number of alkyl halides is 1. The van der Waals surface area contributed by atoms with Crippen LogP contribution in [0.4, 0.5) is 0 Å². The van der Waals surface area contributed by atoms with Crippen molar-refractivity contribution in [1.82, 2.24) is 0 Å². The molecule has 2 heteroatoms. The average Bonchev–Trinajstić information content (AvgIpc) is 1.38. The second kappa shape index (κ2) is 2.21. The Kier molecular flexibility index (Phi) is 2.19. The lowest BCUT2D eigenvalue weighted by Gasteiger charge is -1.75. The Morgan fingerprint density at radius 3 is 2.20 bits per heavy atom. The Bertz CT molecular complexity index is 42.2. The van der Waals surface area contributed by atoms with Crippen LogP contribution in [0.25, 0.3) is 0 Å². The molecule has 0 bridgehead atoms. The van der Waals surface area contributed by atoms with E-state index >= 15 is 0 Å². The van der Waals surface area contributed by atoms with Gasteiger partial charge in [0.25, 0.3) is 0 Å². The quantitative estimate of drug-likeness (QED) is 0.192. The lowest BCUT2D eigenvalue weighted by atomic mass is 11.1.